The van der Waals surface area contributed by atoms with Crippen molar-refractivity contribution in [1.29, 1.82) is 0 Å². The smallest absolute Gasteiger partial charge is 0.241 e. The summed E-state index contributed by atoms with van der Waals surface area (Å²) in [5.41, 5.74) is 0.552. The van der Waals surface area contributed by atoms with Gasteiger partial charge < -0.3 is 10.2 Å². The summed E-state index contributed by atoms with van der Waals surface area (Å²) in [4.78, 5) is 26.5. The van der Waals surface area contributed by atoms with Crippen LogP contribution in [0.5, 0.6) is 0 Å². The predicted molar refractivity (Wildman–Crippen MR) is 101 cm³/mol. The molecule has 0 spiro atoms. The minimum absolute atomic E-state index is 0.0864. The maximum atomic E-state index is 12.3. The summed E-state index contributed by atoms with van der Waals surface area (Å²) in [6, 6.07) is 7.34. The van der Waals surface area contributed by atoms with Gasteiger partial charge in [-0.15, -0.1) is 0 Å². The van der Waals surface area contributed by atoms with Crippen molar-refractivity contribution >= 4 is 16.8 Å². The molecule has 0 saturated carbocycles. The Morgan fingerprint density at radius 2 is 2.00 bits per heavy atom. The number of hydrogen-bond acceptors (Lipinski definition) is 4. The summed E-state index contributed by atoms with van der Waals surface area (Å²) in [5, 5.41) is 7.70. The summed E-state index contributed by atoms with van der Waals surface area (Å²) < 4.78 is 1.58. The van der Waals surface area contributed by atoms with Crippen molar-refractivity contribution in [2.75, 3.05) is 19.6 Å². The van der Waals surface area contributed by atoms with Crippen LogP contribution in [-0.4, -0.2) is 46.3 Å². The number of rotatable bonds is 9. The average molecular weight is 344 g/mol. The molecule has 0 aliphatic heterocycles. The minimum Gasteiger partial charge on any atom is -0.352 e. The van der Waals surface area contributed by atoms with Crippen LogP contribution in [0.25, 0.3) is 10.9 Å². The number of aromatic nitrogens is 2. The fraction of sp³-hybridized carbons (Fsp3) is 0.526. The number of para-hydroxylation sites is 1. The average Bonchev–Trinajstić information content (AvgIpc) is 2.61. The molecule has 0 radical (unpaired) electrons. The molecule has 0 bridgehead atoms. The highest BCUT2D eigenvalue weighted by atomic mass is 16.2. The zero-order valence-electron chi connectivity index (χ0n) is 15.4. The molecule has 0 unspecified atom stereocenters. The van der Waals surface area contributed by atoms with Crippen LogP contribution in [0.1, 0.15) is 33.6 Å². The van der Waals surface area contributed by atoms with Crippen LogP contribution >= 0.6 is 0 Å². The Morgan fingerprint density at radius 3 is 2.72 bits per heavy atom. The van der Waals surface area contributed by atoms with Gasteiger partial charge in [-0.2, -0.15) is 5.10 Å². The molecule has 1 amide bonds. The Hall–Kier alpha value is -2.21. The first-order valence-electron chi connectivity index (χ1n) is 9.01. The molecule has 1 aromatic heterocycles. The molecular formula is C19H28N4O2. The van der Waals surface area contributed by atoms with Crippen LogP contribution in [0.4, 0.5) is 0 Å². The van der Waals surface area contributed by atoms with Gasteiger partial charge in [0.2, 0.25) is 11.3 Å². The van der Waals surface area contributed by atoms with Gasteiger partial charge in [0.25, 0.3) is 0 Å². The lowest BCUT2D eigenvalue weighted by molar-refractivity contribution is -0.122. The number of hydrogen-bond donors (Lipinski definition) is 1. The number of carbonyl (C=O) groups is 1. The third-order valence-electron chi connectivity index (χ3n) is 4.47. The maximum Gasteiger partial charge on any atom is 0.241 e. The number of nitrogens with zero attached hydrogens (tertiary/aromatic N) is 3. The van der Waals surface area contributed by atoms with Gasteiger partial charge in [0, 0.05) is 11.4 Å². The standard InChI is InChI=1S/C19H28N4O2/c1-4-22(5-2)12-8-9-15(3)21-19(25)14-23-17-11-7-6-10-16(17)18(24)13-20-23/h6-7,10-11,13,15H,4-5,8-9,12,14H2,1-3H3,(H,21,25)/t15-/m1/s1. The molecular weight excluding hydrogens is 316 g/mol. The van der Waals surface area contributed by atoms with E-state index in [1.54, 1.807) is 10.7 Å². The van der Waals surface area contributed by atoms with Gasteiger partial charge >= 0.3 is 0 Å². The highest BCUT2D eigenvalue weighted by molar-refractivity contribution is 5.81. The number of nitrogens with one attached hydrogen (secondary N) is 1. The van der Waals surface area contributed by atoms with E-state index in [1.807, 2.05) is 25.1 Å². The van der Waals surface area contributed by atoms with E-state index in [4.69, 9.17) is 0 Å². The van der Waals surface area contributed by atoms with Crippen molar-refractivity contribution in [3.8, 4) is 0 Å². The van der Waals surface area contributed by atoms with Crippen LogP contribution in [0.3, 0.4) is 0 Å². The molecule has 136 valence electrons. The van der Waals surface area contributed by atoms with E-state index >= 15 is 0 Å². The number of fused-ring (bicyclic) bond motifs is 1. The fourth-order valence-corrected chi connectivity index (χ4v) is 2.98. The molecule has 25 heavy (non-hydrogen) atoms. The van der Waals surface area contributed by atoms with Crippen molar-refractivity contribution in [1.82, 2.24) is 20.0 Å². The van der Waals surface area contributed by atoms with Crippen molar-refractivity contribution in [2.24, 2.45) is 0 Å². The molecule has 0 aliphatic rings. The van der Waals surface area contributed by atoms with Crippen LogP contribution in [0.15, 0.2) is 35.3 Å². The molecule has 2 aromatic rings. The van der Waals surface area contributed by atoms with Crippen LogP contribution < -0.4 is 10.7 Å². The quantitative estimate of drug-likeness (QED) is 0.756. The van der Waals surface area contributed by atoms with Crippen molar-refractivity contribution < 1.29 is 4.79 Å². The number of benzene rings is 1. The summed E-state index contributed by atoms with van der Waals surface area (Å²) in [5.74, 6) is -0.0864. The van der Waals surface area contributed by atoms with E-state index in [0.717, 1.165) is 32.5 Å². The van der Waals surface area contributed by atoms with E-state index in [9.17, 15) is 9.59 Å². The SMILES string of the molecule is CCN(CC)CCC[C@@H](C)NC(=O)Cn1ncc(=O)c2ccccc21. The Morgan fingerprint density at radius 1 is 1.28 bits per heavy atom. The van der Waals surface area contributed by atoms with Gasteiger partial charge in [-0.1, -0.05) is 26.0 Å². The molecule has 0 aliphatic carbocycles. The van der Waals surface area contributed by atoms with Crippen LogP contribution in [-0.2, 0) is 11.3 Å². The monoisotopic (exact) mass is 344 g/mol. The third kappa shape index (κ3) is 5.39. The Labute approximate surface area is 148 Å². The molecule has 1 atom stereocenters. The van der Waals surface area contributed by atoms with Crippen LogP contribution in [0, 0.1) is 0 Å². The molecule has 1 N–H and O–H groups in total. The third-order valence-corrected chi connectivity index (χ3v) is 4.47. The van der Waals surface area contributed by atoms with Gasteiger partial charge in [0.1, 0.15) is 6.54 Å². The second-order valence-corrected chi connectivity index (χ2v) is 6.32. The number of amides is 1. The molecule has 0 saturated heterocycles. The Balaban J connectivity index is 1.90. The van der Waals surface area contributed by atoms with Gasteiger partial charge in [-0.25, -0.2) is 0 Å². The minimum atomic E-state index is -0.128. The first-order valence-corrected chi connectivity index (χ1v) is 9.01. The van der Waals surface area contributed by atoms with Crippen LogP contribution in [0.2, 0.25) is 0 Å². The van der Waals surface area contributed by atoms with E-state index in [0.29, 0.717) is 10.9 Å². The van der Waals surface area contributed by atoms with Crippen molar-refractivity contribution in [2.45, 2.75) is 46.2 Å². The maximum absolute atomic E-state index is 12.3. The second kappa shape index (κ2) is 9.32. The zero-order valence-corrected chi connectivity index (χ0v) is 15.4. The molecule has 6 nitrogen and oxygen atoms in total. The lowest BCUT2D eigenvalue weighted by atomic mass is 10.1. The Kier molecular flexibility index (Phi) is 7.13. The lowest BCUT2D eigenvalue weighted by Crippen LogP contribution is -2.36. The first kappa shape index (κ1) is 19.1. The molecule has 1 heterocycles. The summed E-state index contributed by atoms with van der Waals surface area (Å²) >= 11 is 0. The number of carbonyl (C=O) groups excluding carboxylic acids is 1. The van der Waals surface area contributed by atoms with Crippen molar-refractivity contribution in [3.05, 3.63) is 40.7 Å². The van der Waals surface area contributed by atoms with Gasteiger partial charge in [0.15, 0.2) is 0 Å². The highest BCUT2D eigenvalue weighted by Gasteiger charge is 2.11. The van der Waals surface area contributed by atoms with Crippen molar-refractivity contribution in [3.63, 3.8) is 0 Å². The van der Waals surface area contributed by atoms with E-state index < -0.39 is 0 Å². The molecule has 1 aromatic carbocycles. The highest BCUT2D eigenvalue weighted by Crippen LogP contribution is 2.07. The molecule has 0 fully saturated rings. The van der Waals surface area contributed by atoms with Gasteiger partial charge in [0.05, 0.1) is 11.7 Å². The predicted octanol–water partition coefficient (Wildman–Crippen LogP) is 2.02. The largest absolute Gasteiger partial charge is 0.352 e. The Bertz CT molecular complexity index is 752. The fourth-order valence-electron chi connectivity index (χ4n) is 2.98. The second-order valence-electron chi connectivity index (χ2n) is 6.32. The lowest BCUT2D eigenvalue weighted by Gasteiger charge is -2.20. The summed E-state index contributed by atoms with van der Waals surface area (Å²) in [7, 11) is 0. The first-order chi connectivity index (χ1) is 12.0. The molecule has 2 rings (SSSR count). The molecule has 6 heteroatoms. The van der Waals surface area contributed by atoms with E-state index in [-0.39, 0.29) is 23.9 Å². The van der Waals surface area contributed by atoms with E-state index in [2.05, 4.69) is 29.2 Å². The van der Waals surface area contributed by atoms with E-state index in [1.165, 1.54) is 6.20 Å². The summed E-state index contributed by atoms with van der Waals surface area (Å²) in [6.45, 7) is 9.63. The van der Waals surface area contributed by atoms with Gasteiger partial charge in [-0.05, 0) is 51.5 Å². The zero-order chi connectivity index (χ0) is 18.2. The van der Waals surface area contributed by atoms with Gasteiger partial charge in [-0.3, -0.25) is 14.3 Å². The summed E-state index contributed by atoms with van der Waals surface area (Å²) in [6.07, 6.45) is 3.27. The normalized spacial score (nSPS) is 12.5. The topological polar surface area (TPSA) is 67.2 Å².